The van der Waals surface area contributed by atoms with Gasteiger partial charge in [0.15, 0.2) is 0 Å². The van der Waals surface area contributed by atoms with Crippen molar-refractivity contribution in [3.05, 3.63) is 71.8 Å². The Labute approximate surface area is 130 Å². The largest absolute Gasteiger partial charge is 0.465 e. The number of aliphatic hydroxyl groups excluding tert-OH is 1. The Kier molecular flexibility index (Phi) is 6.13. The Morgan fingerprint density at radius 2 is 1.59 bits per heavy atom. The predicted octanol–water partition coefficient (Wildman–Crippen LogP) is 2.61. The van der Waals surface area contributed by atoms with Gasteiger partial charge in [0.2, 0.25) is 0 Å². The van der Waals surface area contributed by atoms with Gasteiger partial charge < -0.3 is 9.84 Å². The molecule has 0 radical (unpaired) electrons. The second-order valence-electron chi connectivity index (χ2n) is 4.93. The van der Waals surface area contributed by atoms with Gasteiger partial charge in [-0.05, 0) is 18.1 Å². The minimum atomic E-state index is -0.752. The molecule has 0 bridgehead atoms. The number of aliphatic hydroxyl groups is 1. The van der Waals surface area contributed by atoms with Crippen LogP contribution in [0.3, 0.4) is 0 Å². The monoisotopic (exact) mass is 299 g/mol. The summed E-state index contributed by atoms with van der Waals surface area (Å²) in [7, 11) is 0. The zero-order chi connectivity index (χ0) is 15.8. The molecule has 2 aromatic carbocycles. The maximum Gasteiger partial charge on any atom is 0.319 e. The van der Waals surface area contributed by atoms with E-state index in [2.05, 4.69) is 5.32 Å². The summed E-state index contributed by atoms with van der Waals surface area (Å²) in [6, 6.07) is 18.6. The van der Waals surface area contributed by atoms with Crippen molar-refractivity contribution >= 4 is 5.97 Å². The summed E-state index contributed by atoms with van der Waals surface area (Å²) in [6.45, 7) is 2.17. The lowest BCUT2D eigenvalue weighted by Gasteiger charge is -2.24. The van der Waals surface area contributed by atoms with E-state index in [9.17, 15) is 9.90 Å². The molecule has 4 nitrogen and oxygen atoms in total. The lowest BCUT2D eigenvalue weighted by Crippen LogP contribution is -2.32. The van der Waals surface area contributed by atoms with Gasteiger partial charge >= 0.3 is 5.97 Å². The molecule has 0 unspecified atom stereocenters. The van der Waals surface area contributed by atoms with Gasteiger partial charge in [0.05, 0.1) is 25.3 Å². The topological polar surface area (TPSA) is 58.6 Å². The van der Waals surface area contributed by atoms with Gasteiger partial charge in [-0.1, -0.05) is 60.7 Å². The minimum Gasteiger partial charge on any atom is -0.465 e. The Hall–Kier alpha value is -2.17. The molecule has 2 aromatic rings. The van der Waals surface area contributed by atoms with Crippen LogP contribution in [-0.2, 0) is 9.53 Å². The molecular formula is C18H21NO3. The molecular weight excluding hydrogens is 278 g/mol. The van der Waals surface area contributed by atoms with Crippen LogP contribution in [-0.4, -0.2) is 24.2 Å². The Balaban J connectivity index is 2.16. The highest BCUT2D eigenvalue weighted by atomic mass is 16.5. The second-order valence-corrected chi connectivity index (χ2v) is 4.93. The standard InChI is InChI=1S/C18H21NO3/c1-2-22-16(20)13-19-17(14-9-5-3-6-10-14)18(21)15-11-7-4-8-12-15/h3-12,17-19,21H,2,13H2,1H3/t17-,18-/m0/s1. The van der Waals surface area contributed by atoms with Crippen LogP contribution in [0.4, 0.5) is 0 Å². The first kappa shape index (κ1) is 16.2. The summed E-state index contributed by atoms with van der Waals surface area (Å²) in [5.74, 6) is -0.330. The van der Waals surface area contributed by atoms with Crippen LogP contribution in [0.1, 0.15) is 30.2 Å². The fourth-order valence-electron chi connectivity index (χ4n) is 2.32. The predicted molar refractivity (Wildman–Crippen MR) is 85.2 cm³/mol. The molecule has 0 saturated carbocycles. The van der Waals surface area contributed by atoms with Crippen LogP contribution in [0, 0.1) is 0 Å². The molecule has 2 N–H and O–H groups in total. The number of hydrogen-bond donors (Lipinski definition) is 2. The minimum absolute atomic E-state index is 0.0529. The highest BCUT2D eigenvalue weighted by Crippen LogP contribution is 2.28. The first-order valence-corrected chi connectivity index (χ1v) is 7.39. The van der Waals surface area contributed by atoms with Crippen molar-refractivity contribution in [2.45, 2.75) is 19.1 Å². The summed E-state index contributed by atoms with van der Waals surface area (Å²) in [5, 5.41) is 13.8. The zero-order valence-corrected chi connectivity index (χ0v) is 12.6. The van der Waals surface area contributed by atoms with Crippen LogP contribution < -0.4 is 5.32 Å². The number of benzene rings is 2. The van der Waals surface area contributed by atoms with Crippen molar-refractivity contribution in [1.29, 1.82) is 0 Å². The van der Waals surface area contributed by atoms with Gasteiger partial charge in [-0.3, -0.25) is 10.1 Å². The molecule has 0 aliphatic rings. The molecule has 116 valence electrons. The Morgan fingerprint density at radius 1 is 1.05 bits per heavy atom. The quantitative estimate of drug-likeness (QED) is 0.772. The molecule has 0 amide bonds. The van der Waals surface area contributed by atoms with Crippen molar-refractivity contribution in [2.75, 3.05) is 13.2 Å². The van der Waals surface area contributed by atoms with E-state index in [0.717, 1.165) is 11.1 Å². The van der Waals surface area contributed by atoms with E-state index in [4.69, 9.17) is 4.74 Å². The van der Waals surface area contributed by atoms with Gasteiger partial charge in [0.1, 0.15) is 0 Å². The third-order valence-corrected chi connectivity index (χ3v) is 3.39. The highest BCUT2D eigenvalue weighted by Gasteiger charge is 2.23. The number of carbonyl (C=O) groups is 1. The van der Waals surface area contributed by atoms with Crippen LogP contribution in [0.25, 0.3) is 0 Å². The lowest BCUT2D eigenvalue weighted by atomic mass is 9.96. The van der Waals surface area contributed by atoms with Gasteiger partial charge in [0.25, 0.3) is 0 Å². The van der Waals surface area contributed by atoms with Crippen LogP contribution >= 0.6 is 0 Å². The van der Waals surface area contributed by atoms with E-state index < -0.39 is 6.10 Å². The van der Waals surface area contributed by atoms with Crippen molar-refractivity contribution in [3.63, 3.8) is 0 Å². The summed E-state index contributed by atoms with van der Waals surface area (Å²) >= 11 is 0. The molecule has 0 aliphatic carbocycles. The first-order valence-electron chi connectivity index (χ1n) is 7.39. The molecule has 0 spiro atoms. The molecule has 0 saturated heterocycles. The van der Waals surface area contributed by atoms with Gasteiger partial charge in [-0.2, -0.15) is 0 Å². The van der Waals surface area contributed by atoms with Crippen LogP contribution in [0.2, 0.25) is 0 Å². The average Bonchev–Trinajstić information content (AvgIpc) is 2.57. The highest BCUT2D eigenvalue weighted by molar-refractivity contribution is 5.71. The molecule has 4 heteroatoms. The summed E-state index contributed by atoms with van der Waals surface area (Å²) in [6.07, 6.45) is -0.752. The van der Waals surface area contributed by atoms with Gasteiger partial charge in [-0.25, -0.2) is 0 Å². The van der Waals surface area contributed by atoms with Crippen LogP contribution in [0.5, 0.6) is 0 Å². The van der Waals surface area contributed by atoms with E-state index in [0.29, 0.717) is 6.61 Å². The number of hydrogen-bond acceptors (Lipinski definition) is 4. The van der Waals surface area contributed by atoms with E-state index in [-0.39, 0.29) is 18.6 Å². The number of rotatable bonds is 7. The number of ether oxygens (including phenoxy) is 1. The van der Waals surface area contributed by atoms with Crippen LogP contribution in [0.15, 0.2) is 60.7 Å². The van der Waals surface area contributed by atoms with Crippen molar-refractivity contribution in [3.8, 4) is 0 Å². The van der Waals surface area contributed by atoms with E-state index >= 15 is 0 Å². The SMILES string of the molecule is CCOC(=O)CN[C@@H](c1ccccc1)[C@@H](O)c1ccccc1. The molecule has 22 heavy (non-hydrogen) atoms. The third-order valence-electron chi connectivity index (χ3n) is 3.39. The average molecular weight is 299 g/mol. The maximum atomic E-state index is 11.6. The molecule has 0 fully saturated rings. The molecule has 2 rings (SSSR count). The molecule has 0 aliphatic heterocycles. The molecule has 0 heterocycles. The van der Waals surface area contributed by atoms with Gasteiger partial charge in [-0.15, -0.1) is 0 Å². The number of esters is 1. The summed E-state index contributed by atoms with van der Waals surface area (Å²) in [5.41, 5.74) is 1.72. The Morgan fingerprint density at radius 3 is 2.14 bits per heavy atom. The molecule has 2 atom stereocenters. The first-order chi connectivity index (χ1) is 10.7. The maximum absolute atomic E-state index is 11.6. The van der Waals surface area contributed by atoms with E-state index in [1.165, 1.54) is 0 Å². The normalized spacial score (nSPS) is 13.4. The lowest BCUT2D eigenvalue weighted by molar-refractivity contribution is -0.142. The Bertz CT molecular complexity index is 571. The molecule has 0 aromatic heterocycles. The number of nitrogens with one attached hydrogen (secondary N) is 1. The summed E-state index contributed by atoms with van der Waals surface area (Å²) < 4.78 is 4.93. The second kappa shape index (κ2) is 8.32. The smallest absolute Gasteiger partial charge is 0.319 e. The van der Waals surface area contributed by atoms with Crippen molar-refractivity contribution < 1.29 is 14.6 Å². The summed E-state index contributed by atoms with van der Waals surface area (Å²) in [4.78, 5) is 11.6. The van der Waals surface area contributed by atoms with Crippen molar-refractivity contribution in [1.82, 2.24) is 5.32 Å². The number of carbonyl (C=O) groups excluding carboxylic acids is 1. The fraction of sp³-hybridized carbons (Fsp3) is 0.278. The zero-order valence-electron chi connectivity index (χ0n) is 12.6. The van der Waals surface area contributed by atoms with E-state index in [1.54, 1.807) is 6.92 Å². The van der Waals surface area contributed by atoms with Gasteiger partial charge in [0, 0.05) is 0 Å². The third kappa shape index (κ3) is 4.41. The van der Waals surface area contributed by atoms with E-state index in [1.807, 2.05) is 60.7 Å². The fourth-order valence-corrected chi connectivity index (χ4v) is 2.32. The van der Waals surface area contributed by atoms with Crippen molar-refractivity contribution in [2.24, 2.45) is 0 Å².